The first-order chi connectivity index (χ1) is 9.19. The fourth-order valence-corrected chi connectivity index (χ4v) is 3.63. The van der Waals surface area contributed by atoms with Crippen molar-refractivity contribution < 1.29 is 18.3 Å². The Balaban J connectivity index is 2.58. The van der Waals surface area contributed by atoms with Crippen molar-refractivity contribution >= 4 is 27.3 Å². The van der Waals surface area contributed by atoms with Crippen LogP contribution in [0.15, 0.2) is 21.7 Å². The summed E-state index contributed by atoms with van der Waals surface area (Å²) >= 11 is 1.11. The summed E-state index contributed by atoms with van der Waals surface area (Å²) in [7, 11) is -2.24. The van der Waals surface area contributed by atoms with Gasteiger partial charge in [-0.1, -0.05) is 19.9 Å². The van der Waals surface area contributed by atoms with E-state index in [9.17, 15) is 13.2 Å². The van der Waals surface area contributed by atoms with Crippen LogP contribution in [0.3, 0.4) is 0 Å². The summed E-state index contributed by atoms with van der Waals surface area (Å²) in [6.45, 7) is 3.59. The van der Waals surface area contributed by atoms with Crippen molar-refractivity contribution in [3.8, 4) is 0 Å². The maximum Gasteiger partial charge on any atom is 0.252 e. The van der Waals surface area contributed by atoms with E-state index in [1.54, 1.807) is 25.3 Å². The Bertz CT molecular complexity index is 538. The summed E-state index contributed by atoms with van der Waals surface area (Å²) < 4.78 is 25.4. The molecule has 0 aromatic carbocycles. The Morgan fingerprint density at radius 3 is 2.65 bits per heavy atom. The average molecular weight is 320 g/mol. The molecular weight excluding hydrogens is 300 g/mol. The number of thiophene rings is 1. The molecule has 0 saturated carbocycles. The quantitative estimate of drug-likeness (QED) is 0.766. The van der Waals surface area contributed by atoms with Gasteiger partial charge in [0.2, 0.25) is 5.91 Å². The third kappa shape index (κ3) is 4.55. The van der Waals surface area contributed by atoms with Crippen molar-refractivity contribution in [2.45, 2.75) is 18.1 Å². The molecule has 2 N–H and O–H groups in total. The van der Waals surface area contributed by atoms with E-state index in [-0.39, 0.29) is 23.9 Å². The lowest BCUT2D eigenvalue weighted by molar-refractivity contribution is -0.121. The molecule has 0 unspecified atom stereocenters. The standard InChI is InChI=1S/C12H20N2O4S2/c1-12(2,9-15)8-13-10(16)7-14(3)20(17,18)11-5-4-6-19-11/h4-6,15H,7-9H2,1-3H3,(H,13,16). The number of sulfonamides is 1. The normalized spacial score (nSPS) is 12.7. The maximum atomic E-state index is 12.1. The van der Waals surface area contributed by atoms with Crippen LogP contribution in [0.1, 0.15) is 13.8 Å². The minimum atomic E-state index is -3.61. The molecule has 1 rings (SSSR count). The molecule has 0 bridgehead atoms. The van der Waals surface area contributed by atoms with Gasteiger partial charge in [-0.2, -0.15) is 4.31 Å². The number of rotatable bonds is 7. The van der Waals surface area contributed by atoms with Gasteiger partial charge in [0.25, 0.3) is 10.0 Å². The number of hydrogen-bond donors (Lipinski definition) is 2. The number of aliphatic hydroxyl groups excluding tert-OH is 1. The van der Waals surface area contributed by atoms with Gasteiger partial charge in [0.15, 0.2) is 0 Å². The van der Waals surface area contributed by atoms with Gasteiger partial charge < -0.3 is 10.4 Å². The molecule has 0 fully saturated rings. The van der Waals surface area contributed by atoms with E-state index in [1.165, 1.54) is 13.1 Å². The van der Waals surface area contributed by atoms with E-state index in [1.807, 2.05) is 0 Å². The first kappa shape index (κ1) is 17.1. The van der Waals surface area contributed by atoms with Crippen LogP contribution in [-0.2, 0) is 14.8 Å². The number of likely N-dealkylation sites (N-methyl/N-ethyl adjacent to an activating group) is 1. The predicted octanol–water partition coefficient (Wildman–Crippen LogP) is 0.503. The molecule has 0 aliphatic carbocycles. The first-order valence-corrected chi connectivity index (χ1v) is 8.38. The van der Waals surface area contributed by atoms with Crippen LogP contribution >= 0.6 is 11.3 Å². The Labute approximate surface area is 123 Å². The van der Waals surface area contributed by atoms with Crippen LogP contribution in [0.4, 0.5) is 0 Å². The van der Waals surface area contributed by atoms with E-state index in [4.69, 9.17) is 5.11 Å². The number of carbonyl (C=O) groups is 1. The van der Waals surface area contributed by atoms with E-state index < -0.39 is 21.3 Å². The van der Waals surface area contributed by atoms with Gasteiger partial charge in [0, 0.05) is 25.6 Å². The van der Waals surface area contributed by atoms with Crippen LogP contribution in [0.5, 0.6) is 0 Å². The van der Waals surface area contributed by atoms with E-state index in [2.05, 4.69) is 5.32 Å². The Kier molecular flexibility index (Phi) is 5.69. The highest BCUT2D eigenvalue weighted by molar-refractivity contribution is 7.91. The van der Waals surface area contributed by atoms with Gasteiger partial charge in [0.05, 0.1) is 6.54 Å². The zero-order chi connectivity index (χ0) is 15.4. The molecule has 0 aliphatic heterocycles. The molecule has 1 amide bonds. The van der Waals surface area contributed by atoms with Gasteiger partial charge in [-0.05, 0) is 11.4 Å². The lowest BCUT2D eigenvalue weighted by Gasteiger charge is -2.23. The van der Waals surface area contributed by atoms with E-state index >= 15 is 0 Å². The van der Waals surface area contributed by atoms with Crippen molar-refractivity contribution in [3.63, 3.8) is 0 Å². The number of carbonyl (C=O) groups excluding carboxylic acids is 1. The smallest absolute Gasteiger partial charge is 0.252 e. The second kappa shape index (κ2) is 6.66. The lowest BCUT2D eigenvalue weighted by Crippen LogP contribution is -2.42. The van der Waals surface area contributed by atoms with E-state index in [0.29, 0.717) is 0 Å². The maximum absolute atomic E-state index is 12.1. The van der Waals surface area contributed by atoms with Crippen molar-refractivity contribution in [2.75, 3.05) is 26.7 Å². The third-order valence-corrected chi connectivity index (χ3v) is 5.89. The molecule has 0 saturated heterocycles. The second-order valence-electron chi connectivity index (χ2n) is 5.29. The molecule has 114 valence electrons. The largest absolute Gasteiger partial charge is 0.396 e. The number of nitrogens with zero attached hydrogens (tertiary/aromatic N) is 1. The highest BCUT2D eigenvalue weighted by Gasteiger charge is 2.24. The SMILES string of the molecule is CN(CC(=O)NCC(C)(C)CO)S(=O)(=O)c1cccs1. The van der Waals surface area contributed by atoms with Crippen LogP contribution in [0, 0.1) is 5.41 Å². The number of aliphatic hydroxyl groups is 1. The highest BCUT2D eigenvalue weighted by Crippen LogP contribution is 2.19. The summed E-state index contributed by atoms with van der Waals surface area (Å²) in [4.78, 5) is 11.7. The molecular formula is C12H20N2O4S2. The van der Waals surface area contributed by atoms with Gasteiger partial charge in [0.1, 0.15) is 4.21 Å². The molecule has 8 heteroatoms. The molecule has 1 aromatic rings. The molecule has 0 aliphatic rings. The zero-order valence-electron chi connectivity index (χ0n) is 11.8. The predicted molar refractivity (Wildman–Crippen MR) is 78.0 cm³/mol. The molecule has 1 aromatic heterocycles. The third-order valence-electron chi connectivity index (χ3n) is 2.72. The molecule has 0 atom stereocenters. The summed E-state index contributed by atoms with van der Waals surface area (Å²) in [6, 6.07) is 3.15. The number of hydrogen-bond acceptors (Lipinski definition) is 5. The topological polar surface area (TPSA) is 86.7 Å². The second-order valence-corrected chi connectivity index (χ2v) is 8.51. The zero-order valence-corrected chi connectivity index (χ0v) is 13.4. The molecule has 0 radical (unpaired) electrons. The van der Waals surface area contributed by atoms with Gasteiger partial charge >= 0.3 is 0 Å². The van der Waals surface area contributed by atoms with Gasteiger partial charge in [-0.25, -0.2) is 8.42 Å². The van der Waals surface area contributed by atoms with Crippen molar-refractivity contribution in [3.05, 3.63) is 17.5 Å². The van der Waals surface area contributed by atoms with Crippen molar-refractivity contribution in [1.82, 2.24) is 9.62 Å². The Hall–Kier alpha value is -0.960. The fourth-order valence-electron chi connectivity index (χ4n) is 1.30. The minimum Gasteiger partial charge on any atom is -0.396 e. The van der Waals surface area contributed by atoms with Crippen molar-refractivity contribution in [2.24, 2.45) is 5.41 Å². The van der Waals surface area contributed by atoms with E-state index in [0.717, 1.165) is 15.6 Å². The van der Waals surface area contributed by atoms with Crippen molar-refractivity contribution in [1.29, 1.82) is 0 Å². The van der Waals surface area contributed by atoms with Gasteiger partial charge in [-0.15, -0.1) is 11.3 Å². The van der Waals surface area contributed by atoms with Crippen LogP contribution in [0.2, 0.25) is 0 Å². The summed E-state index contributed by atoms with van der Waals surface area (Å²) in [5, 5.41) is 13.4. The summed E-state index contributed by atoms with van der Waals surface area (Å²) in [5.74, 6) is -0.394. The molecule has 1 heterocycles. The lowest BCUT2D eigenvalue weighted by atomic mass is 9.95. The minimum absolute atomic E-state index is 0.0589. The molecule has 6 nitrogen and oxygen atoms in total. The summed E-state index contributed by atoms with van der Waals surface area (Å²) in [5.41, 5.74) is -0.430. The average Bonchev–Trinajstić information content (AvgIpc) is 2.91. The fraction of sp³-hybridized carbons (Fsp3) is 0.583. The van der Waals surface area contributed by atoms with Crippen LogP contribution in [-0.4, -0.2) is 50.5 Å². The summed E-state index contributed by atoms with van der Waals surface area (Å²) in [6.07, 6.45) is 0. The number of amides is 1. The highest BCUT2D eigenvalue weighted by atomic mass is 32.2. The first-order valence-electron chi connectivity index (χ1n) is 6.06. The van der Waals surface area contributed by atoms with Crippen LogP contribution in [0.25, 0.3) is 0 Å². The molecule has 0 spiro atoms. The monoisotopic (exact) mass is 320 g/mol. The molecule has 20 heavy (non-hydrogen) atoms. The van der Waals surface area contributed by atoms with Gasteiger partial charge in [-0.3, -0.25) is 4.79 Å². The Morgan fingerprint density at radius 1 is 1.50 bits per heavy atom. The Morgan fingerprint density at radius 2 is 2.15 bits per heavy atom. The van der Waals surface area contributed by atoms with Crippen LogP contribution < -0.4 is 5.32 Å². The number of nitrogens with one attached hydrogen (secondary N) is 1.